The number of pyridine rings is 1. The van der Waals surface area contributed by atoms with Gasteiger partial charge in [0.1, 0.15) is 12.4 Å². The Morgan fingerprint density at radius 3 is 2.71 bits per heavy atom. The molecule has 0 atom stereocenters. The number of morpholine rings is 1. The molecule has 2 aromatic heterocycles. The van der Waals surface area contributed by atoms with Crippen molar-refractivity contribution < 1.29 is 14.3 Å². The average molecular weight is 376 g/mol. The monoisotopic (exact) mass is 376 g/mol. The summed E-state index contributed by atoms with van der Waals surface area (Å²) in [6.45, 7) is 1.17. The molecule has 1 saturated carbocycles. The zero-order chi connectivity index (χ0) is 19.1. The number of hydrogen-bond donors (Lipinski definition) is 1. The number of rotatable bonds is 4. The van der Waals surface area contributed by atoms with E-state index in [9.17, 15) is 9.59 Å². The quantitative estimate of drug-likeness (QED) is 0.760. The van der Waals surface area contributed by atoms with Crippen molar-refractivity contribution in [1.82, 2.24) is 9.38 Å². The van der Waals surface area contributed by atoms with Crippen LogP contribution < -0.4 is 10.2 Å². The molecule has 5 rings (SSSR count). The lowest BCUT2D eigenvalue weighted by atomic mass is 10.2. The van der Waals surface area contributed by atoms with Crippen molar-refractivity contribution in [2.45, 2.75) is 18.8 Å². The van der Waals surface area contributed by atoms with Gasteiger partial charge in [-0.2, -0.15) is 0 Å². The molecule has 1 aliphatic heterocycles. The van der Waals surface area contributed by atoms with E-state index in [2.05, 4.69) is 10.3 Å². The Morgan fingerprint density at radius 2 is 1.96 bits per heavy atom. The number of carbonyl (C=O) groups excluding carboxylic acids is 2. The van der Waals surface area contributed by atoms with Gasteiger partial charge in [0.05, 0.1) is 12.1 Å². The van der Waals surface area contributed by atoms with E-state index in [1.54, 1.807) is 17.0 Å². The first-order valence-corrected chi connectivity index (χ1v) is 9.47. The summed E-state index contributed by atoms with van der Waals surface area (Å²) in [6.07, 6.45) is 4.20. The molecule has 7 nitrogen and oxygen atoms in total. The van der Waals surface area contributed by atoms with Crippen LogP contribution in [-0.2, 0) is 9.53 Å². The van der Waals surface area contributed by atoms with Crippen LogP contribution >= 0.6 is 0 Å². The van der Waals surface area contributed by atoms with Crippen LogP contribution in [-0.4, -0.2) is 41.0 Å². The second kappa shape index (κ2) is 6.76. The molecule has 1 saturated heterocycles. The molecule has 3 aromatic rings. The van der Waals surface area contributed by atoms with Gasteiger partial charge in [0.15, 0.2) is 5.69 Å². The third kappa shape index (κ3) is 3.03. The van der Waals surface area contributed by atoms with Crippen molar-refractivity contribution >= 4 is 28.7 Å². The Morgan fingerprint density at radius 1 is 1.14 bits per heavy atom. The van der Waals surface area contributed by atoms with Gasteiger partial charge in [-0.15, -0.1) is 0 Å². The fraction of sp³-hybridized carbons (Fsp3) is 0.286. The molecular weight excluding hydrogens is 356 g/mol. The summed E-state index contributed by atoms with van der Waals surface area (Å²) in [5.74, 6) is 1.12. The van der Waals surface area contributed by atoms with Crippen molar-refractivity contribution in [2.75, 3.05) is 30.0 Å². The van der Waals surface area contributed by atoms with Gasteiger partial charge in [0, 0.05) is 30.0 Å². The fourth-order valence-electron chi connectivity index (χ4n) is 3.56. The third-order valence-electron chi connectivity index (χ3n) is 5.16. The van der Waals surface area contributed by atoms with Gasteiger partial charge in [0.25, 0.3) is 11.8 Å². The number of fused-ring (bicyclic) bond motifs is 1. The van der Waals surface area contributed by atoms with Crippen molar-refractivity contribution in [2.24, 2.45) is 0 Å². The maximum Gasteiger partial charge on any atom is 0.276 e. The summed E-state index contributed by atoms with van der Waals surface area (Å²) in [5.41, 5.74) is 2.72. The topological polar surface area (TPSA) is 75.9 Å². The van der Waals surface area contributed by atoms with E-state index in [4.69, 9.17) is 4.74 Å². The van der Waals surface area contributed by atoms with Crippen molar-refractivity contribution in [3.8, 4) is 0 Å². The third-order valence-corrected chi connectivity index (χ3v) is 5.16. The largest absolute Gasteiger partial charge is 0.370 e. The first kappa shape index (κ1) is 16.9. The summed E-state index contributed by atoms with van der Waals surface area (Å²) in [7, 11) is 0. The predicted molar refractivity (Wildman–Crippen MR) is 105 cm³/mol. The van der Waals surface area contributed by atoms with Crippen LogP contribution in [0.15, 0.2) is 48.7 Å². The molecule has 2 aliphatic rings. The summed E-state index contributed by atoms with van der Waals surface area (Å²) in [5, 5.41) is 2.92. The molecule has 0 unspecified atom stereocenters. The standard InChI is InChI=1S/C21H20N4O3/c26-18-13-28-12-11-24(18)16-8-6-15(7-9-16)22-21(27)19-17-3-1-2-10-25(17)20(23-19)14-4-5-14/h1-3,6-10,14H,4-5,11-13H2,(H,22,27). The van der Waals surface area contributed by atoms with Gasteiger partial charge in [-0.25, -0.2) is 4.98 Å². The molecule has 1 aliphatic carbocycles. The minimum atomic E-state index is -0.231. The number of anilines is 2. The van der Waals surface area contributed by atoms with Gasteiger partial charge in [-0.1, -0.05) is 6.07 Å². The summed E-state index contributed by atoms with van der Waals surface area (Å²) in [4.78, 5) is 31.1. The van der Waals surface area contributed by atoms with E-state index in [0.29, 0.717) is 30.5 Å². The second-order valence-electron chi connectivity index (χ2n) is 7.15. The van der Waals surface area contributed by atoms with Crippen LogP contribution in [0.4, 0.5) is 11.4 Å². The fourth-order valence-corrected chi connectivity index (χ4v) is 3.56. The van der Waals surface area contributed by atoms with Crippen LogP contribution in [0.5, 0.6) is 0 Å². The number of ether oxygens (including phenoxy) is 1. The number of hydrogen-bond acceptors (Lipinski definition) is 4. The van der Waals surface area contributed by atoms with Crippen LogP contribution in [0.1, 0.15) is 35.1 Å². The lowest BCUT2D eigenvalue weighted by molar-refractivity contribution is -0.125. The van der Waals surface area contributed by atoms with Crippen LogP contribution in [0.3, 0.4) is 0 Å². The Kier molecular flexibility index (Phi) is 4.09. The number of nitrogens with one attached hydrogen (secondary N) is 1. The number of nitrogens with zero attached hydrogens (tertiary/aromatic N) is 3. The molecule has 1 N–H and O–H groups in total. The molecule has 0 spiro atoms. The van der Waals surface area contributed by atoms with E-state index in [1.807, 2.05) is 40.9 Å². The maximum absolute atomic E-state index is 12.9. The number of imidazole rings is 1. The van der Waals surface area contributed by atoms with Crippen molar-refractivity contribution in [3.63, 3.8) is 0 Å². The van der Waals surface area contributed by atoms with Gasteiger partial charge in [-0.3, -0.25) is 9.59 Å². The number of benzene rings is 1. The van der Waals surface area contributed by atoms with E-state index >= 15 is 0 Å². The highest BCUT2D eigenvalue weighted by molar-refractivity contribution is 6.07. The molecule has 0 radical (unpaired) electrons. The van der Waals surface area contributed by atoms with Crippen molar-refractivity contribution in [1.29, 1.82) is 0 Å². The zero-order valence-corrected chi connectivity index (χ0v) is 15.3. The zero-order valence-electron chi connectivity index (χ0n) is 15.3. The molecule has 1 aromatic carbocycles. The van der Waals surface area contributed by atoms with E-state index in [1.165, 1.54) is 0 Å². The first-order valence-electron chi connectivity index (χ1n) is 9.47. The minimum absolute atomic E-state index is 0.0554. The normalized spacial score (nSPS) is 17.1. The number of carbonyl (C=O) groups is 2. The summed E-state index contributed by atoms with van der Waals surface area (Å²) in [6, 6.07) is 13.1. The molecule has 142 valence electrons. The summed E-state index contributed by atoms with van der Waals surface area (Å²) >= 11 is 0. The molecule has 0 bridgehead atoms. The Hall–Kier alpha value is -3.19. The Labute approximate surface area is 161 Å². The van der Waals surface area contributed by atoms with Crippen LogP contribution in [0.2, 0.25) is 0 Å². The highest BCUT2D eigenvalue weighted by atomic mass is 16.5. The van der Waals surface area contributed by atoms with Gasteiger partial charge >= 0.3 is 0 Å². The summed E-state index contributed by atoms with van der Waals surface area (Å²) < 4.78 is 7.17. The van der Waals surface area contributed by atoms with Gasteiger partial charge < -0.3 is 19.4 Å². The lowest BCUT2D eigenvalue weighted by Crippen LogP contribution is -2.41. The highest BCUT2D eigenvalue weighted by Crippen LogP contribution is 2.40. The molecule has 3 heterocycles. The van der Waals surface area contributed by atoms with Crippen molar-refractivity contribution in [3.05, 3.63) is 60.2 Å². The molecule has 2 amide bonds. The SMILES string of the molecule is O=C(Nc1ccc(N2CCOCC2=O)cc1)c1nc(C2CC2)n2ccccc12. The van der Waals surface area contributed by atoms with E-state index in [0.717, 1.165) is 29.9 Å². The predicted octanol–water partition coefficient (Wildman–Crippen LogP) is 2.83. The molecule has 7 heteroatoms. The molecule has 2 fully saturated rings. The second-order valence-corrected chi connectivity index (χ2v) is 7.15. The highest BCUT2D eigenvalue weighted by Gasteiger charge is 2.30. The maximum atomic E-state index is 12.9. The Balaban J connectivity index is 1.37. The van der Waals surface area contributed by atoms with E-state index in [-0.39, 0.29) is 18.4 Å². The number of aromatic nitrogens is 2. The van der Waals surface area contributed by atoms with Crippen LogP contribution in [0, 0.1) is 0 Å². The van der Waals surface area contributed by atoms with E-state index < -0.39 is 0 Å². The smallest absolute Gasteiger partial charge is 0.276 e. The first-order chi connectivity index (χ1) is 13.7. The van der Waals surface area contributed by atoms with Gasteiger partial charge in [-0.05, 0) is 49.2 Å². The molecule has 28 heavy (non-hydrogen) atoms. The number of amides is 2. The lowest BCUT2D eigenvalue weighted by Gasteiger charge is -2.26. The molecular formula is C21H20N4O3. The average Bonchev–Trinajstić information content (AvgIpc) is 3.49. The Bertz CT molecular complexity index is 1050. The minimum Gasteiger partial charge on any atom is -0.370 e. The van der Waals surface area contributed by atoms with Gasteiger partial charge in [0.2, 0.25) is 0 Å². The van der Waals surface area contributed by atoms with Crippen LogP contribution in [0.25, 0.3) is 5.52 Å².